The van der Waals surface area contributed by atoms with Crippen LogP contribution >= 0.6 is 15.9 Å². The fraction of sp³-hybridized carbons (Fsp3) is 0.500. The number of aromatic nitrogens is 3. The van der Waals surface area contributed by atoms with Gasteiger partial charge >= 0.3 is 5.97 Å². The largest absolute Gasteiger partial charge is 0.464 e. The van der Waals surface area contributed by atoms with E-state index in [2.05, 4.69) is 31.0 Å². The highest BCUT2D eigenvalue weighted by atomic mass is 79.9. The van der Waals surface area contributed by atoms with E-state index in [1.54, 1.807) is 0 Å². The monoisotopic (exact) mass is 249 g/mol. The molecule has 1 rings (SSSR count). The van der Waals surface area contributed by atoms with E-state index in [9.17, 15) is 4.79 Å². The fourth-order valence-corrected chi connectivity index (χ4v) is 1.23. The number of methoxy groups -OCH3 is 2. The first-order valence-corrected chi connectivity index (χ1v) is 4.16. The van der Waals surface area contributed by atoms with Crippen LogP contribution in [0, 0.1) is 0 Å². The lowest BCUT2D eigenvalue weighted by atomic mass is 10.5. The van der Waals surface area contributed by atoms with Gasteiger partial charge in [-0.05, 0) is 15.9 Å². The molecule has 6 nitrogen and oxygen atoms in total. The third-order valence-corrected chi connectivity index (χ3v) is 1.86. The molecule has 0 bridgehead atoms. The van der Waals surface area contributed by atoms with Gasteiger partial charge in [-0.2, -0.15) is 0 Å². The Kier molecular flexibility index (Phi) is 3.38. The Balaban J connectivity index is 3.01. The van der Waals surface area contributed by atoms with Gasteiger partial charge in [-0.1, -0.05) is 5.21 Å². The van der Waals surface area contributed by atoms with Gasteiger partial charge in [0.05, 0.1) is 7.11 Å². The second-order valence-electron chi connectivity index (χ2n) is 2.14. The molecule has 1 aromatic heterocycles. The smallest absolute Gasteiger partial charge is 0.359 e. The molecular formula is C6H8BrN3O3. The number of carbonyl (C=O) groups is 1. The first-order valence-electron chi connectivity index (χ1n) is 3.37. The molecule has 0 radical (unpaired) electrons. The molecule has 0 spiro atoms. The zero-order valence-corrected chi connectivity index (χ0v) is 8.74. The Morgan fingerprint density at radius 3 is 2.85 bits per heavy atom. The Labute approximate surface area is 82.9 Å². The summed E-state index contributed by atoms with van der Waals surface area (Å²) in [6.45, 7) is 0.156. The fourth-order valence-electron chi connectivity index (χ4n) is 0.791. The zero-order valence-electron chi connectivity index (χ0n) is 7.15. The van der Waals surface area contributed by atoms with Crippen LogP contribution in [-0.2, 0) is 16.2 Å². The van der Waals surface area contributed by atoms with Crippen molar-refractivity contribution in [1.82, 2.24) is 15.0 Å². The number of esters is 1. The molecule has 7 heteroatoms. The Morgan fingerprint density at radius 2 is 2.31 bits per heavy atom. The van der Waals surface area contributed by atoms with Crippen molar-refractivity contribution in [3.63, 3.8) is 0 Å². The van der Waals surface area contributed by atoms with E-state index in [1.165, 1.54) is 18.9 Å². The molecule has 0 aliphatic rings. The molecule has 0 fully saturated rings. The van der Waals surface area contributed by atoms with Crippen molar-refractivity contribution in [2.45, 2.75) is 6.73 Å². The maximum absolute atomic E-state index is 11.2. The number of hydrogen-bond acceptors (Lipinski definition) is 5. The molecule has 13 heavy (non-hydrogen) atoms. The molecular weight excluding hydrogens is 242 g/mol. The highest BCUT2D eigenvalue weighted by molar-refractivity contribution is 9.10. The maximum Gasteiger partial charge on any atom is 0.359 e. The Morgan fingerprint density at radius 1 is 1.62 bits per heavy atom. The van der Waals surface area contributed by atoms with Crippen LogP contribution in [0.2, 0.25) is 0 Å². The van der Waals surface area contributed by atoms with E-state index in [-0.39, 0.29) is 12.4 Å². The predicted molar refractivity (Wildman–Crippen MR) is 46.1 cm³/mol. The molecule has 1 aromatic rings. The van der Waals surface area contributed by atoms with Crippen LogP contribution in [0.15, 0.2) is 4.60 Å². The molecule has 1 heterocycles. The maximum atomic E-state index is 11.2. The van der Waals surface area contributed by atoms with Gasteiger partial charge in [-0.15, -0.1) is 5.10 Å². The molecule has 0 unspecified atom stereocenters. The molecule has 0 N–H and O–H groups in total. The lowest BCUT2D eigenvalue weighted by molar-refractivity contribution is 0.0556. The van der Waals surface area contributed by atoms with Crippen molar-refractivity contribution in [3.05, 3.63) is 10.3 Å². The van der Waals surface area contributed by atoms with Gasteiger partial charge in [0.2, 0.25) is 0 Å². The van der Waals surface area contributed by atoms with Crippen molar-refractivity contribution < 1.29 is 14.3 Å². The molecule has 72 valence electrons. The average Bonchev–Trinajstić information content (AvgIpc) is 2.47. The van der Waals surface area contributed by atoms with Gasteiger partial charge in [0, 0.05) is 7.11 Å². The lowest BCUT2D eigenvalue weighted by Gasteiger charge is -2.02. The van der Waals surface area contributed by atoms with E-state index in [0.717, 1.165) is 0 Å². The van der Waals surface area contributed by atoms with Crippen molar-refractivity contribution in [2.75, 3.05) is 14.2 Å². The summed E-state index contributed by atoms with van der Waals surface area (Å²) < 4.78 is 11.0. The van der Waals surface area contributed by atoms with Crippen LogP contribution in [0.1, 0.15) is 10.5 Å². The van der Waals surface area contributed by atoms with Gasteiger partial charge in [0.15, 0.2) is 10.3 Å². The van der Waals surface area contributed by atoms with Crippen LogP contribution in [0.4, 0.5) is 0 Å². The van der Waals surface area contributed by atoms with Crippen LogP contribution in [-0.4, -0.2) is 35.2 Å². The first kappa shape index (κ1) is 10.1. The number of halogens is 1. The summed E-state index contributed by atoms with van der Waals surface area (Å²) in [5, 5.41) is 7.32. The van der Waals surface area contributed by atoms with Crippen molar-refractivity contribution in [3.8, 4) is 0 Å². The highest BCUT2D eigenvalue weighted by Crippen LogP contribution is 2.13. The summed E-state index contributed by atoms with van der Waals surface area (Å²) >= 11 is 3.08. The number of rotatable bonds is 3. The molecule has 0 atom stereocenters. The van der Waals surface area contributed by atoms with Gasteiger partial charge in [-0.3, -0.25) is 0 Å². The molecule has 0 saturated heterocycles. The minimum Gasteiger partial charge on any atom is -0.464 e. The number of carbonyl (C=O) groups excluding carboxylic acids is 1. The van der Waals surface area contributed by atoms with Crippen molar-refractivity contribution >= 4 is 21.9 Å². The Hall–Kier alpha value is -0.950. The van der Waals surface area contributed by atoms with Crippen LogP contribution in [0.25, 0.3) is 0 Å². The minimum absolute atomic E-state index is 0.156. The summed E-state index contributed by atoms with van der Waals surface area (Å²) in [5.74, 6) is -0.506. The summed E-state index contributed by atoms with van der Waals surface area (Å²) in [5.41, 5.74) is 0.240. The number of ether oxygens (including phenoxy) is 2. The number of hydrogen-bond donors (Lipinski definition) is 0. The zero-order chi connectivity index (χ0) is 9.84. The second-order valence-corrected chi connectivity index (χ2v) is 2.89. The van der Waals surface area contributed by atoms with Crippen molar-refractivity contribution in [1.29, 1.82) is 0 Å². The van der Waals surface area contributed by atoms with Crippen LogP contribution in [0.3, 0.4) is 0 Å². The normalized spacial score (nSPS) is 10.1. The summed E-state index contributed by atoms with van der Waals surface area (Å²) in [7, 11) is 2.79. The standard InChI is InChI=1S/C6H8BrN3O3/c1-12-3-10-4(6(11)13-2)5(7)8-9-10/h3H2,1-2H3. The molecule has 0 saturated carbocycles. The third-order valence-electron chi connectivity index (χ3n) is 1.32. The summed E-state index contributed by atoms with van der Waals surface area (Å²) in [4.78, 5) is 11.2. The van der Waals surface area contributed by atoms with E-state index in [1.807, 2.05) is 0 Å². The van der Waals surface area contributed by atoms with Crippen LogP contribution < -0.4 is 0 Å². The SMILES string of the molecule is COCn1nnc(Br)c1C(=O)OC. The van der Waals surface area contributed by atoms with E-state index in [4.69, 9.17) is 4.74 Å². The Bertz CT molecular complexity index is 312. The third kappa shape index (κ3) is 2.04. The quantitative estimate of drug-likeness (QED) is 0.728. The van der Waals surface area contributed by atoms with E-state index in [0.29, 0.717) is 4.60 Å². The van der Waals surface area contributed by atoms with Crippen molar-refractivity contribution in [2.24, 2.45) is 0 Å². The van der Waals surface area contributed by atoms with Crippen LogP contribution in [0.5, 0.6) is 0 Å². The van der Waals surface area contributed by atoms with E-state index >= 15 is 0 Å². The topological polar surface area (TPSA) is 66.2 Å². The second kappa shape index (κ2) is 4.33. The average molecular weight is 250 g/mol. The van der Waals surface area contributed by atoms with Gasteiger partial charge in [-0.25, -0.2) is 9.48 Å². The first-order chi connectivity index (χ1) is 6.20. The predicted octanol–water partition coefficient (Wildman–Crippen LogP) is 0.431. The van der Waals surface area contributed by atoms with E-state index < -0.39 is 5.97 Å². The van der Waals surface area contributed by atoms with Gasteiger partial charge in [0.1, 0.15) is 6.73 Å². The molecule has 0 aromatic carbocycles. The summed E-state index contributed by atoms with van der Waals surface area (Å²) in [6, 6.07) is 0. The highest BCUT2D eigenvalue weighted by Gasteiger charge is 2.18. The van der Waals surface area contributed by atoms with Gasteiger partial charge in [0.25, 0.3) is 0 Å². The van der Waals surface area contributed by atoms with Gasteiger partial charge < -0.3 is 9.47 Å². The molecule has 0 aliphatic heterocycles. The lowest BCUT2D eigenvalue weighted by Crippen LogP contribution is -2.13. The summed E-state index contributed by atoms with van der Waals surface area (Å²) in [6.07, 6.45) is 0. The molecule has 0 amide bonds. The number of nitrogens with zero attached hydrogens (tertiary/aromatic N) is 3. The minimum atomic E-state index is -0.506. The molecule has 0 aliphatic carbocycles.